The summed E-state index contributed by atoms with van der Waals surface area (Å²) in [6.45, 7) is 1.73. The first-order valence-electron chi connectivity index (χ1n) is 3.20. The largest absolute Gasteiger partial charge is 0.325 e. The fraction of sp³-hybridized carbons (Fsp3) is 0.833. The van der Waals surface area contributed by atoms with Crippen molar-refractivity contribution in [1.82, 2.24) is 5.32 Å². The molecule has 50 valence electrons. The van der Waals surface area contributed by atoms with E-state index in [1.54, 1.807) is 0 Å². The third-order valence-corrected chi connectivity index (χ3v) is 1.69. The first kappa shape index (κ1) is 6.53. The molecule has 1 heterocycles. The zero-order valence-corrected chi connectivity index (χ0v) is 5.30. The van der Waals surface area contributed by atoms with Crippen molar-refractivity contribution >= 4 is 0 Å². The van der Waals surface area contributed by atoms with Crippen molar-refractivity contribution < 1.29 is 0 Å². The average Bonchev–Trinajstić information content (AvgIpc) is 1.89. The Morgan fingerprint density at radius 1 is 1.67 bits per heavy atom. The SMILES string of the molecule is N#CC1CCNCC1N. The monoisotopic (exact) mass is 125 g/mol. The number of nitrogens with one attached hydrogen (secondary N) is 1. The minimum absolute atomic E-state index is 0.0451. The second-order valence-corrected chi connectivity index (χ2v) is 2.39. The van der Waals surface area contributed by atoms with E-state index in [-0.39, 0.29) is 12.0 Å². The highest BCUT2D eigenvalue weighted by Crippen LogP contribution is 2.07. The molecule has 2 unspecified atom stereocenters. The maximum atomic E-state index is 8.50. The summed E-state index contributed by atoms with van der Waals surface area (Å²) in [5.74, 6) is 0.0752. The molecule has 9 heavy (non-hydrogen) atoms. The lowest BCUT2D eigenvalue weighted by Crippen LogP contribution is -2.45. The normalized spacial score (nSPS) is 35.6. The number of hydrogen-bond acceptors (Lipinski definition) is 3. The zero-order valence-electron chi connectivity index (χ0n) is 5.30. The van der Waals surface area contributed by atoms with Gasteiger partial charge in [0.25, 0.3) is 0 Å². The van der Waals surface area contributed by atoms with Crippen LogP contribution in [0.25, 0.3) is 0 Å². The molecule has 2 atom stereocenters. The Bertz CT molecular complexity index is 127. The Morgan fingerprint density at radius 3 is 2.89 bits per heavy atom. The van der Waals surface area contributed by atoms with Crippen LogP contribution < -0.4 is 11.1 Å². The second kappa shape index (κ2) is 2.81. The van der Waals surface area contributed by atoms with E-state index in [9.17, 15) is 0 Å². The summed E-state index contributed by atoms with van der Waals surface area (Å²) in [5, 5.41) is 11.6. The number of piperidine rings is 1. The summed E-state index contributed by atoms with van der Waals surface area (Å²) in [6, 6.07) is 2.23. The van der Waals surface area contributed by atoms with Crippen LogP contribution in [-0.2, 0) is 0 Å². The van der Waals surface area contributed by atoms with E-state index in [1.807, 2.05) is 0 Å². The van der Waals surface area contributed by atoms with E-state index in [2.05, 4.69) is 11.4 Å². The highest BCUT2D eigenvalue weighted by Gasteiger charge is 2.19. The molecule has 3 N–H and O–H groups in total. The molecule has 0 saturated carbocycles. The number of nitriles is 1. The molecule has 0 amide bonds. The van der Waals surface area contributed by atoms with E-state index < -0.39 is 0 Å². The Balaban J connectivity index is 2.41. The topological polar surface area (TPSA) is 61.8 Å². The molecule has 1 rings (SSSR count). The third-order valence-electron chi connectivity index (χ3n) is 1.69. The van der Waals surface area contributed by atoms with Crippen molar-refractivity contribution in [3.63, 3.8) is 0 Å². The average molecular weight is 125 g/mol. The van der Waals surface area contributed by atoms with Gasteiger partial charge < -0.3 is 11.1 Å². The predicted octanol–water partition coefficient (Wildman–Crippen LogP) is -0.553. The molecule has 3 nitrogen and oxygen atoms in total. The van der Waals surface area contributed by atoms with Crippen LogP contribution >= 0.6 is 0 Å². The molecule has 1 aliphatic rings. The fourth-order valence-corrected chi connectivity index (χ4v) is 1.04. The molecular weight excluding hydrogens is 114 g/mol. The van der Waals surface area contributed by atoms with Gasteiger partial charge in [-0.05, 0) is 13.0 Å². The molecule has 0 spiro atoms. The van der Waals surface area contributed by atoms with Gasteiger partial charge in [0.1, 0.15) is 0 Å². The van der Waals surface area contributed by atoms with Crippen LogP contribution in [0.15, 0.2) is 0 Å². The number of hydrogen-bond donors (Lipinski definition) is 2. The summed E-state index contributed by atoms with van der Waals surface area (Å²) >= 11 is 0. The summed E-state index contributed by atoms with van der Waals surface area (Å²) in [7, 11) is 0. The number of nitrogens with zero attached hydrogens (tertiary/aromatic N) is 1. The van der Waals surface area contributed by atoms with E-state index in [1.165, 1.54) is 0 Å². The Kier molecular flexibility index (Phi) is 2.04. The van der Waals surface area contributed by atoms with Gasteiger partial charge in [-0.1, -0.05) is 0 Å². The Hall–Kier alpha value is -0.590. The van der Waals surface area contributed by atoms with Crippen molar-refractivity contribution in [2.24, 2.45) is 11.7 Å². The maximum absolute atomic E-state index is 8.50. The van der Waals surface area contributed by atoms with Gasteiger partial charge in [-0.2, -0.15) is 5.26 Å². The van der Waals surface area contributed by atoms with Gasteiger partial charge >= 0.3 is 0 Å². The molecule has 0 bridgehead atoms. The number of rotatable bonds is 0. The quantitative estimate of drug-likeness (QED) is 0.456. The molecule has 0 aromatic rings. The van der Waals surface area contributed by atoms with E-state index in [4.69, 9.17) is 11.0 Å². The fourth-order valence-electron chi connectivity index (χ4n) is 1.04. The molecule has 0 aromatic heterocycles. The van der Waals surface area contributed by atoms with Gasteiger partial charge in [0.05, 0.1) is 12.0 Å². The smallest absolute Gasteiger partial charge is 0.0673 e. The van der Waals surface area contributed by atoms with Crippen LogP contribution in [0.3, 0.4) is 0 Å². The summed E-state index contributed by atoms with van der Waals surface area (Å²) in [5.41, 5.74) is 5.60. The van der Waals surface area contributed by atoms with Crippen LogP contribution in [0.1, 0.15) is 6.42 Å². The highest BCUT2D eigenvalue weighted by molar-refractivity contribution is 4.94. The highest BCUT2D eigenvalue weighted by atomic mass is 14.9. The van der Waals surface area contributed by atoms with Crippen molar-refractivity contribution in [2.75, 3.05) is 13.1 Å². The maximum Gasteiger partial charge on any atom is 0.0673 e. The minimum Gasteiger partial charge on any atom is -0.325 e. The standard InChI is InChI=1S/C6H11N3/c7-3-5-1-2-9-4-6(5)8/h5-6,9H,1-2,4,8H2. The molecule has 1 fully saturated rings. The van der Waals surface area contributed by atoms with Gasteiger partial charge in [-0.25, -0.2) is 0 Å². The summed E-state index contributed by atoms with van der Waals surface area (Å²) < 4.78 is 0. The van der Waals surface area contributed by atoms with Gasteiger partial charge in [-0.3, -0.25) is 0 Å². The molecule has 3 heteroatoms. The van der Waals surface area contributed by atoms with E-state index >= 15 is 0 Å². The van der Waals surface area contributed by atoms with Crippen LogP contribution in [-0.4, -0.2) is 19.1 Å². The van der Waals surface area contributed by atoms with Gasteiger partial charge in [0, 0.05) is 12.6 Å². The van der Waals surface area contributed by atoms with Crippen LogP contribution in [0, 0.1) is 17.2 Å². The number of nitrogens with two attached hydrogens (primary N) is 1. The van der Waals surface area contributed by atoms with Gasteiger partial charge in [-0.15, -0.1) is 0 Å². The minimum atomic E-state index is 0.0451. The molecular formula is C6H11N3. The van der Waals surface area contributed by atoms with E-state index in [0.717, 1.165) is 19.5 Å². The third kappa shape index (κ3) is 1.41. The molecule has 0 radical (unpaired) electrons. The van der Waals surface area contributed by atoms with Crippen molar-refractivity contribution in [1.29, 1.82) is 5.26 Å². The molecule has 1 aliphatic heterocycles. The van der Waals surface area contributed by atoms with Crippen molar-refractivity contribution in [2.45, 2.75) is 12.5 Å². The molecule has 0 aromatic carbocycles. The van der Waals surface area contributed by atoms with Gasteiger partial charge in [0.2, 0.25) is 0 Å². The molecule has 0 aliphatic carbocycles. The van der Waals surface area contributed by atoms with Gasteiger partial charge in [0.15, 0.2) is 0 Å². The lowest BCUT2D eigenvalue weighted by molar-refractivity contribution is 0.387. The summed E-state index contributed by atoms with van der Waals surface area (Å²) in [4.78, 5) is 0. The zero-order chi connectivity index (χ0) is 6.69. The van der Waals surface area contributed by atoms with Crippen LogP contribution in [0.2, 0.25) is 0 Å². The predicted molar refractivity (Wildman–Crippen MR) is 34.6 cm³/mol. The Labute approximate surface area is 54.8 Å². The summed E-state index contributed by atoms with van der Waals surface area (Å²) in [6.07, 6.45) is 0.900. The second-order valence-electron chi connectivity index (χ2n) is 2.39. The first-order chi connectivity index (χ1) is 4.34. The van der Waals surface area contributed by atoms with E-state index in [0.29, 0.717) is 0 Å². The lowest BCUT2D eigenvalue weighted by Gasteiger charge is -2.23. The van der Waals surface area contributed by atoms with Crippen LogP contribution in [0.5, 0.6) is 0 Å². The molecule has 1 saturated heterocycles. The van der Waals surface area contributed by atoms with Crippen molar-refractivity contribution in [3.8, 4) is 6.07 Å². The lowest BCUT2D eigenvalue weighted by atomic mass is 9.95. The first-order valence-corrected chi connectivity index (χ1v) is 3.20. The Morgan fingerprint density at radius 2 is 2.44 bits per heavy atom. The van der Waals surface area contributed by atoms with Crippen LogP contribution in [0.4, 0.5) is 0 Å². The van der Waals surface area contributed by atoms with Crippen molar-refractivity contribution in [3.05, 3.63) is 0 Å².